The number of hydrogen-bond donors (Lipinski definition) is 2. The first-order valence-corrected chi connectivity index (χ1v) is 7.18. The summed E-state index contributed by atoms with van der Waals surface area (Å²) in [7, 11) is 0. The summed E-state index contributed by atoms with van der Waals surface area (Å²) < 4.78 is 0. The van der Waals surface area contributed by atoms with E-state index in [1.165, 1.54) is 32.2 Å². The summed E-state index contributed by atoms with van der Waals surface area (Å²) >= 11 is 0. The van der Waals surface area contributed by atoms with E-state index in [9.17, 15) is 0 Å². The first kappa shape index (κ1) is 12.4. The Balaban J connectivity index is 1.69. The van der Waals surface area contributed by atoms with Gasteiger partial charge >= 0.3 is 0 Å². The van der Waals surface area contributed by atoms with Crippen LogP contribution in [0.15, 0.2) is 0 Å². The van der Waals surface area contributed by atoms with Crippen molar-refractivity contribution in [2.24, 2.45) is 23.5 Å². The molecule has 2 aliphatic rings. The van der Waals surface area contributed by atoms with Crippen LogP contribution < -0.4 is 11.1 Å². The molecule has 0 aromatic rings. The molecule has 3 N–H and O–H groups in total. The SMILES string of the molecule is CCC(N)(CC)CNCC(C1CC1)C1CC1. The highest BCUT2D eigenvalue weighted by Gasteiger charge is 2.41. The zero-order valence-corrected chi connectivity index (χ0v) is 11.0. The number of hydrogen-bond acceptors (Lipinski definition) is 2. The quantitative estimate of drug-likeness (QED) is 0.665. The third-order valence-electron chi connectivity index (χ3n) is 4.72. The minimum Gasteiger partial charge on any atom is -0.324 e. The highest BCUT2D eigenvalue weighted by molar-refractivity contribution is 4.93. The number of rotatable bonds is 8. The van der Waals surface area contributed by atoms with Crippen LogP contribution in [0.4, 0.5) is 0 Å². The summed E-state index contributed by atoms with van der Waals surface area (Å²) in [5.41, 5.74) is 6.33. The van der Waals surface area contributed by atoms with E-state index < -0.39 is 0 Å². The van der Waals surface area contributed by atoms with E-state index in [0.29, 0.717) is 0 Å². The molecule has 0 unspecified atom stereocenters. The number of nitrogens with two attached hydrogens (primary N) is 1. The van der Waals surface area contributed by atoms with Gasteiger partial charge in [0.2, 0.25) is 0 Å². The summed E-state index contributed by atoms with van der Waals surface area (Å²) in [5.74, 6) is 3.07. The second-order valence-corrected chi connectivity index (χ2v) is 6.04. The maximum Gasteiger partial charge on any atom is 0.0275 e. The summed E-state index contributed by atoms with van der Waals surface area (Å²) in [6, 6.07) is 0. The lowest BCUT2D eigenvalue weighted by Gasteiger charge is -2.28. The van der Waals surface area contributed by atoms with Crippen molar-refractivity contribution in [3.05, 3.63) is 0 Å². The van der Waals surface area contributed by atoms with Gasteiger partial charge in [0.25, 0.3) is 0 Å². The molecule has 2 nitrogen and oxygen atoms in total. The molecule has 0 aromatic heterocycles. The van der Waals surface area contributed by atoms with Gasteiger partial charge in [0.1, 0.15) is 0 Å². The van der Waals surface area contributed by atoms with E-state index in [-0.39, 0.29) is 5.54 Å². The van der Waals surface area contributed by atoms with Crippen LogP contribution in [0, 0.1) is 17.8 Å². The van der Waals surface area contributed by atoms with Crippen molar-refractivity contribution < 1.29 is 0 Å². The largest absolute Gasteiger partial charge is 0.324 e. The molecule has 2 rings (SSSR count). The fourth-order valence-corrected chi connectivity index (χ4v) is 2.75. The maximum atomic E-state index is 6.30. The van der Waals surface area contributed by atoms with Gasteiger partial charge in [-0.2, -0.15) is 0 Å². The Morgan fingerprint density at radius 3 is 2.00 bits per heavy atom. The molecule has 0 saturated heterocycles. The molecule has 94 valence electrons. The van der Waals surface area contributed by atoms with Gasteiger partial charge in [0.15, 0.2) is 0 Å². The molecule has 2 fully saturated rings. The average molecular weight is 224 g/mol. The van der Waals surface area contributed by atoms with Crippen LogP contribution in [0.2, 0.25) is 0 Å². The molecule has 0 radical (unpaired) electrons. The van der Waals surface area contributed by atoms with Gasteiger partial charge in [0, 0.05) is 12.1 Å². The maximum absolute atomic E-state index is 6.30. The monoisotopic (exact) mass is 224 g/mol. The van der Waals surface area contributed by atoms with E-state index >= 15 is 0 Å². The van der Waals surface area contributed by atoms with Gasteiger partial charge in [0.05, 0.1) is 0 Å². The predicted octanol–water partition coefficient (Wildman–Crippen LogP) is 2.53. The summed E-state index contributed by atoms with van der Waals surface area (Å²) in [6.45, 7) is 6.61. The molecule has 2 aliphatic carbocycles. The molecule has 16 heavy (non-hydrogen) atoms. The molecular weight excluding hydrogens is 196 g/mol. The van der Waals surface area contributed by atoms with Gasteiger partial charge in [-0.1, -0.05) is 13.8 Å². The van der Waals surface area contributed by atoms with E-state index in [2.05, 4.69) is 19.2 Å². The topological polar surface area (TPSA) is 38.0 Å². The summed E-state index contributed by atoms with van der Waals surface area (Å²) in [5, 5.41) is 3.65. The third kappa shape index (κ3) is 3.21. The second-order valence-electron chi connectivity index (χ2n) is 6.04. The summed E-state index contributed by atoms with van der Waals surface area (Å²) in [6.07, 6.45) is 8.09. The highest BCUT2D eigenvalue weighted by atomic mass is 14.9. The van der Waals surface area contributed by atoms with Gasteiger partial charge in [-0.25, -0.2) is 0 Å². The Hall–Kier alpha value is -0.0800. The standard InChI is InChI=1S/C14H28N2/c1-3-14(15,4-2)10-16-9-13(11-5-6-11)12-7-8-12/h11-13,16H,3-10,15H2,1-2H3. The zero-order chi connectivity index (χ0) is 11.6. The molecular formula is C14H28N2. The third-order valence-corrected chi connectivity index (χ3v) is 4.72. The van der Waals surface area contributed by atoms with Crippen molar-refractivity contribution in [1.82, 2.24) is 5.32 Å². The molecule has 0 atom stereocenters. The molecule has 0 aliphatic heterocycles. The van der Waals surface area contributed by atoms with Gasteiger partial charge < -0.3 is 11.1 Å². The van der Waals surface area contributed by atoms with Crippen LogP contribution >= 0.6 is 0 Å². The molecule has 0 amide bonds. The first-order valence-electron chi connectivity index (χ1n) is 7.18. The Morgan fingerprint density at radius 1 is 1.12 bits per heavy atom. The predicted molar refractivity (Wildman–Crippen MR) is 69.3 cm³/mol. The Kier molecular flexibility index (Phi) is 3.91. The van der Waals surface area contributed by atoms with Crippen LogP contribution in [0.5, 0.6) is 0 Å². The van der Waals surface area contributed by atoms with E-state index in [1.54, 1.807) is 0 Å². The van der Waals surface area contributed by atoms with Crippen LogP contribution in [-0.4, -0.2) is 18.6 Å². The zero-order valence-electron chi connectivity index (χ0n) is 11.0. The van der Waals surface area contributed by atoms with Crippen molar-refractivity contribution >= 4 is 0 Å². The Bertz CT molecular complexity index is 203. The van der Waals surface area contributed by atoms with Crippen molar-refractivity contribution in [3.8, 4) is 0 Å². The van der Waals surface area contributed by atoms with E-state index in [1.807, 2.05) is 0 Å². The van der Waals surface area contributed by atoms with Crippen molar-refractivity contribution in [2.45, 2.75) is 57.9 Å². The fourth-order valence-electron chi connectivity index (χ4n) is 2.75. The minimum absolute atomic E-state index is 0.0254. The van der Waals surface area contributed by atoms with Crippen LogP contribution in [0.1, 0.15) is 52.4 Å². The van der Waals surface area contributed by atoms with Gasteiger partial charge in [-0.05, 0) is 62.8 Å². The molecule has 2 heteroatoms. The van der Waals surface area contributed by atoms with Crippen LogP contribution in [-0.2, 0) is 0 Å². The van der Waals surface area contributed by atoms with Crippen molar-refractivity contribution in [2.75, 3.05) is 13.1 Å². The van der Waals surface area contributed by atoms with Gasteiger partial charge in [-0.3, -0.25) is 0 Å². The molecule has 0 heterocycles. The Morgan fingerprint density at radius 2 is 1.62 bits per heavy atom. The molecule has 0 bridgehead atoms. The fraction of sp³-hybridized carbons (Fsp3) is 1.00. The van der Waals surface area contributed by atoms with E-state index in [4.69, 9.17) is 5.73 Å². The first-order chi connectivity index (χ1) is 7.68. The van der Waals surface area contributed by atoms with Crippen molar-refractivity contribution in [1.29, 1.82) is 0 Å². The smallest absolute Gasteiger partial charge is 0.0275 e. The van der Waals surface area contributed by atoms with Crippen LogP contribution in [0.25, 0.3) is 0 Å². The summed E-state index contributed by atoms with van der Waals surface area (Å²) in [4.78, 5) is 0. The van der Waals surface area contributed by atoms with E-state index in [0.717, 1.165) is 37.1 Å². The lowest BCUT2D eigenvalue weighted by Crippen LogP contribution is -2.48. The highest BCUT2D eigenvalue weighted by Crippen LogP contribution is 2.48. The average Bonchev–Trinajstić information content (AvgIpc) is 3.17. The van der Waals surface area contributed by atoms with Gasteiger partial charge in [-0.15, -0.1) is 0 Å². The molecule has 2 saturated carbocycles. The minimum atomic E-state index is 0.0254. The Labute approximate surface area is 100 Å². The van der Waals surface area contributed by atoms with Crippen LogP contribution in [0.3, 0.4) is 0 Å². The normalized spacial score (nSPS) is 21.8. The second kappa shape index (κ2) is 5.05. The lowest BCUT2D eigenvalue weighted by atomic mass is 9.93. The molecule has 0 spiro atoms. The lowest BCUT2D eigenvalue weighted by molar-refractivity contribution is 0.325. The van der Waals surface area contributed by atoms with Crippen molar-refractivity contribution in [3.63, 3.8) is 0 Å². The number of nitrogens with one attached hydrogen (secondary N) is 1. The molecule has 0 aromatic carbocycles.